The molecule has 0 bridgehead atoms. The first-order valence-electron chi connectivity index (χ1n) is 10.9. The average molecular weight is 399 g/mol. The van der Waals surface area contributed by atoms with Crippen molar-refractivity contribution in [3.05, 3.63) is 70.9 Å². The molecule has 2 aromatic carbocycles. The van der Waals surface area contributed by atoms with Gasteiger partial charge in [0.15, 0.2) is 0 Å². The molecule has 1 aliphatic heterocycles. The summed E-state index contributed by atoms with van der Waals surface area (Å²) in [6.45, 7) is 2.28. The van der Waals surface area contributed by atoms with E-state index in [9.17, 15) is 9.90 Å². The van der Waals surface area contributed by atoms with Gasteiger partial charge in [0.25, 0.3) is 0 Å². The summed E-state index contributed by atoms with van der Waals surface area (Å²) in [5.41, 5.74) is 6.48. The van der Waals surface area contributed by atoms with Gasteiger partial charge in [-0.3, -0.25) is 0 Å². The number of anilines is 1. The molecule has 2 aliphatic rings. The van der Waals surface area contributed by atoms with Crippen molar-refractivity contribution in [2.45, 2.75) is 38.5 Å². The van der Waals surface area contributed by atoms with E-state index in [0.717, 1.165) is 65.6 Å². The van der Waals surface area contributed by atoms with Gasteiger partial charge in [0.05, 0.1) is 16.8 Å². The lowest BCUT2D eigenvalue weighted by Gasteiger charge is -2.28. The summed E-state index contributed by atoms with van der Waals surface area (Å²) in [5.74, 6) is -0.864. The van der Waals surface area contributed by atoms with Crippen LogP contribution in [-0.4, -0.2) is 29.1 Å². The van der Waals surface area contributed by atoms with Gasteiger partial charge in [-0.05, 0) is 79.5 Å². The van der Waals surface area contributed by atoms with E-state index in [1.807, 2.05) is 24.3 Å². The number of hydrogen-bond acceptors (Lipinski definition) is 3. The molecule has 0 unspecified atom stereocenters. The maximum Gasteiger partial charge on any atom is 0.336 e. The summed E-state index contributed by atoms with van der Waals surface area (Å²) in [4.78, 5) is 19.4. The maximum atomic E-state index is 12.1. The Morgan fingerprint density at radius 1 is 0.933 bits per heavy atom. The monoisotopic (exact) mass is 398 g/mol. The molecule has 30 heavy (non-hydrogen) atoms. The van der Waals surface area contributed by atoms with Crippen molar-refractivity contribution >= 4 is 34.2 Å². The molecule has 0 radical (unpaired) electrons. The number of para-hydroxylation sites is 1. The topological polar surface area (TPSA) is 53.4 Å². The molecular weight excluding hydrogens is 372 g/mol. The summed E-state index contributed by atoms with van der Waals surface area (Å²) < 4.78 is 0. The van der Waals surface area contributed by atoms with Gasteiger partial charge in [0, 0.05) is 24.2 Å². The van der Waals surface area contributed by atoms with Crippen molar-refractivity contribution in [2.75, 3.05) is 18.0 Å². The van der Waals surface area contributed by atoms with E-state index in [0.29, 0.717) is 5.56 Å². The van der Waals surface area contributed by atoms with Crippen LogP contribution in [0, 0.1) is 0 Å². The van der Waals surface area contributed by atoms with Gasteiger partial charge < -0.3 is 10.0 Å². The quantitative estimate of drug-likeness (QED) is 0.606. The molecule has 5 rings (SSSR count). The van der Waals surface area contributed by atoms with E-state index < -0.39 is 5.97 Å². The van der Waals surface area contributed by atoms with Crippen molar-refractivity contribution in [1.29, 1.82) is 0 Å². The number of piperidine rings is 1. The summed E-state index contributed by atoms with van der Waals surface area (Å²) in [7, 11) is 0. The fourth-order valence-electron chi connectivity index (χ4n) is 4.85. The fourth-order valence-corrected chi connectivity index (χ4v) is 4.85. The van der Waals surface area contributed by atoms with Crippen LogP contribution in [0.25, 0.3) is 22.6 Å². The third-order valence-electron chi connectivity index (χ3n) is 6.34. The van der Waals surface area contributed by atoms with E-state index in [1.54, 1.807) is 0 Å². The van der Waals surface area contributed by atoms with Crippen LogP contribution in [0.5, 0.6) is 0 Å². The Morgan fingerprint density at radius 3 is 2.47 bits per heavy atom. The average Bonchev–Trinajstić information content (AvgIpc) is 2.79. The number of carboxylic acids is 1. The highest BCUT2D eigenvalue weighted by Gasteiger charge is 2.24. The number of aromatic carboxylic acids is 1. The number of carbonyl (C=O) groups is 1. The van der Waals surface area contributed by atoms with Crippen LogP contribution in [0.1, 0.15) is 59.3 Å². The Morgan fingerprint density at radius 2 is 1.70 bits per heavy atom. The lowest BCUT2D eigenvalue weighted by Crippen LogP contribution is -2.29. The van der Waals surface area contributed by atoms with Gasteiger partial charge in [-0.2, -0.15) is 0 Å². The molecule has 0 spiro atoms. The molecule has 0 saturated carbocycles. The van der Waals surface area contributed by atoms with Gasteiger partial charge in [-0.15, -0.1) is 0 Å². The van der Waals surface area contributed by atoms with Crippen LogP contribution in [0.3, 0.4) is 0 Å². The third-order valence-corrected chi connectivity index (χ3v) is 6.34. The second-order valence-corrected chi connectivity index (χ2v) is 8.30. The highest BCUT2D eigenvalue weighted by Crippen LogP contribution is 2.36. The van der Waals surface area contributed by atoms with Crippen molar-refractivity contribution in [3.63, 3.8) is 0 Å². The van der Waals surface area contributed by atoms with Crippen LogP contribution in [0.15, 0.2) is 48.5 Å². The summed E-state index contributed by atoms with van der Waals surface area (Å²) in [5, 5.41) is 10.6. The van der Waals surface area contributed by atoms with Crippen molar-refractivity contribution in [1.82, 2.24) is 4.98 Å². The number of carboxylic acid groups (broad SMARTS) is 1. The number of hydrogen-bond donors (Lipinski definition) is 1. The molecule has 0 atom stereocenters. The smallest absolute Gasteiger partial charge is 0.336 e. The highest BCUT2D eigenvalue weighted by molar-refractivity contribution is 6.05. The molecule has 4 heteroatoms. The predicted molar refractivity (Wildman–Crippen MR) is 122 cm³/mol. The minimum Gasteiger partial charge on any atom is -0.478 e. The summed E-state index contributed by atoms with van der Waals surface area (Å²) in [6.07, 6.45) is 8.70. The fraction of sp³-hybridized carbons (Fsp3) is 0.308. The second-order valence-electron chi connectivity index (χ2n) is 8.30. The molecule has 0 amide bonds. The van der Waals surface area contributed by atoms with Crippen molar-refractivity contribution in [3.8, 4) is 0 Å². The summed E-state index contributed by atoms with van der Waals surface area (Å²) >= 11 is 0. The first-order chi connectivity index (χ1) is 14.7. The molecule has 1 aliphatic carbocycles. The highest BCUT2D eigenvalue weighted by atomic mass is 16.4. The zero-order chi connectivity index (χ0) is 20.5. The van der Waals surface area contributed by atoms with E-state index >= 15 is 0 Å². The van der Waals surface area contributed by atoms with Crippen LogP contribution >= 0.6 is 0 Å². The maximum absolute atomic E-state index is 12.1. The lowest BCUT2D eigenvalue weighted by atomic mass is 9.86. The zero-order valence-electron chi connectivity index (χ0n) is 17.1. The standard InChI is InChI=1S/C26H26N2O2/c29-26(30)24-21-8-2-3-10-23(21)27-25-19(7-6-9-22(24)25)17-18-11-13-20(14-12-18)28-15-4-1-5-16-28/h2-3,8,10-14,17H,1,4-7,9,15-16H2,(H,29,30)/b19-17+. The third kappa shape index (κ3) is 3.47. The first-order valence-corrected chi connectivity index (χ1v) is 10.9. The van der Waals surface area contributed by atoms with E-state index in [4.69, 9.17) is 4.98 Å². The Labute approximate surface area is 176 Å². The van der Waals surface area contributed by atoms with Crippen LogP contribution in [0.2, 0.25) is 0 Å². The predicted octanol–water partition coefficient (Wildman–Crippen LogP) is 5.80. The molecule has 1 N–H and O–H groups in total. The van der Waals surface area contributed by atoms with Crippen molar-refractivity contribution < 1.29 is 9.90 Å². The number of nitrogens with zero attached hydrogens (tertiary/aromatic N) is 2. The minimum atomic E-state index is -0.864. The van der Waals surface area contributed by atoms with Gasteiger partial charge >= 0.3 is 5.97 Å². The Bertz CT molecular complexity index is 1130. The Balaban J connectivity index is 1.54. The van der Waals surface area contributed by atoms with E-state index in [-0.39, 0.29) is 0 Å². The SMILES string of the molecule is O=C(O)c1c2c(nc3ccccc13)/C(=C/c1ccc(N3CCCCC3)cc1)CCC2. The van der Waals surface area contributed by atoms with Crippen LogP contribution in [-0.2, 0) is 6.42 Å². The van der Waals surface area contributed by atoms with E-state index in [2.05, 4.69) is 35.2 Å². The molecule has 2 heterocycles. The molecule has 4 nitrogen and oxygen atoms in total. The van der Waals surface area contributed by atoms with Gasteiger partial charge in [-0.1, -0.05) is 30.3 Å². The normalized spacial score (nSPS) is 17.9. The lowest BCUT2D eigenvalue weighted by molar-refractivity contribution is 0.0697. The zero-order valence-corrected chi connectivity index (χ0v) is 17.1. The molecule has 1 aromatic heterocycles. The van der Waals surface area contributed by atoms with Gasteiger partial charge in [-0.25, -0.2) is 9.78 Å². The number of aromatic nitrogens is 1. The first kappa shape index (κ1) is 18.9. The number of rotatable bonds is 3. The van der Waals surface area contributed by atoms with Gasteiger partial charge in [0.2, 0.25) is 0 Å². The number of allylic oxidation sites excluding steroid dienone is 1. The molecule has 152 valence electrons. The number of pyridine rings is 1. The second kappa shape index (κ2) is 7.94. The Hall–Kier alpha value is -3.14. The Kier molecular flexibility index (Phi) is 4.99. The minimum absolute atomic E-state index is 0.418. The van der Waals surface area contributed by atoms with Gasteiger partial charge in [0.1, 0.15) is 0 Å². The number of benzene rings is 2. The molecular formula is C26H26N2O2. The molecule has 1 fully saturated rings. The van der Waals surface area contributed by atoms with Crippen LogP contribution in [0.4, 0.5) is 5.69 Å². The largest absolute Gasteiger partial charge is 0.478 e. The van der Waals surface area contributed by atoms with Crippen LogP contribution < -0.4 is 4.90 Å². The van der Waals surface area contributed by atoms with Crippen molar-refractivity contribution in [2.24, 2.45) is 0 Å². The molecule has 3 aromatic rings. The molecule has 1 saturated heterocycles. The summed E-state index contributed by atoms with van der Waals surface area (Å²) in [6, 6.07) is 16.3. The van der Waals surface area contributed by atoms with E-state index in [1.165, 1.54) is 24.9 Å². The number of fused-ring (bicyclic) bond motifs is 2.